The van der Waals surface area contributed by atoms with Gasteiger partial charge in [-0.1, -0.05) is 28.1 Å². The standard InChI is InChI=1S/C14H18BrN3O3/c15-12-7-5-11(6-8-12)9-10-16-17-13(19)3-1-2-4-14(20)18-21/h5-10,16,21H,1-4H2,(H,17,19)(H,18,20)/b10-9+. The molecule has 6 nitrogen and oxygen atoms in total. The third-order valence-corrected chi connectivity index (χ3v) is 3.15. The smallest absolute Gasteiger partial charge is 0.243 e. The van der Waals surface area contributed by atoms with E-state index in [4.69, 9.17) is 5.21 Å². The molecule has 2 amide bonds. The number of carbonyl (C=O) groups excluding carboxylic acids is 2. The number of benzene rings is 1. The monoisotopic (exact) mass is 355 g/mol. The highest BCUT2D eigenvalue weighted by Crippen LogP contribution is 2.11. The number of rotatable bonds is 8. The van der Waals surface area contributed by atoms with Crippen LogP contribution in [0.2, 0.25) is 0 Å². The lowest BCUT2D eigenvalue weighted by molar-refractivity contribution is -0.129. The highest BCUT2D eigenvalue weighted by molar-refractivity contribution is 9.10. The molecule has 0 aromatic heterocycles. The molecule has 0 saturated heterocycles. The molecule has 0 unspecified atom stereocenters. The molecule has 0 spiro atoms. The first-order valence-electron chi connectivity index (χ1n) is 6.51. The van der Waals surface area contributed by atoms with Gasteiger partial charge in [0.1, 0.15) is 0 Å². The van der Waals surface area contributed by atoms with Gasteiger partial charge in [-0.15, -0.1) is 0 Å². The van der Waals surface area contributed by atoms with Gasteiger partial charge in [0.05, 0.1) is 0 Å². The van der Waals surface area contributed by atoms with Gasteiger partial charge in [-0.3, -0.25) is 20.2 Å². The first-order valence-corrected chi connectivity index (χ1v) is 7.30. The molecule has 1 rings (SSSR count). The fraction of sp³-hybridized carbons (Fsp3) is 0.286. The van der Waals surface area contributed by atoms with Crippen molar-refractivity contribution in [1.82, 2.24) is 16.3 Å². The van der Waals surface area contributed by atoms with Gasteiger partial charge in [0.15, 0.2) is 0 Å². The van der Waals surface area contributed by atoms with Crippen LogP contribution in [0.15, 0.2) is 34.9 Å². The molecule has 4 N–H and O–H groups in total. The Morgan fingerprint density at radius 2 is 1.71 bits per heavy atom. The molecule has 0 atom stereocenters. The number of unbranched alkanes of at least 4 members (excludes halogenated alkanes) is 1. The van der Waals surface area contributed by atoms with E-state index in [9.17, 15) is 9.59 Å². The molecule has 0 aliphatic rings. The van der Waals surface area contributed by atoms with Crippen LogP contribution < -0.4 is 16.3 Å². The molecule has 7 heteroatoms. The summed E-state index contributed by atoms with van der Waals surface area (Å²) in [6, 6.07) is 7.74. The predicted molar refractivity (Wildman–Crippen MR) is 82.9 cm³/mol. The maximum absolute atomic E-state index is 11.4. The molecule has 21 heavy (non-hydrogen) atoms. The average Bonchev–Trinajstić information content (AvgIpc) is 2.49. The zero-order valence-electron chi connectivity index (χ0n) is 11.4. The van der Waals surface area contributed by atoms with Crippen LogP contribution in [0.3, 0.4) is 0 Å². The van der Waals surface area contributed by atoms with E-state index in [1.54, 1.807) is 11.7 Å². The first-order chi connectivity index (χ1) is 10.1. The molecular formula is C14H18BrN3O3. The average molecular weight is 356 g/mol. The van der Waals surface area contributed by atoms with Gasteiger partial charge in [-0.2, -0.15) is 0 Å². The van der Waals surface area contributed by atoms with Gasteiger partial charge in [0, 0.05) is 23.5 Å². The summed E-state index contributed by atoms with van der Waals surface area (Å²) in [5, 5.41) is 8.30. The van der Waals surface area contributed by atoms with E-state index in [1.807, 2.05) is 30.3 Å². The highest BCUT2D eigenvalue weighted by atomic mass is 79.9. The summed E-state index contributed by atoms with van der Waals surface area (Å²) in [7, 11) is 0. The summed E-state index contributed by atoms with van der Waals surface area (Å²) < 4.78 is 1.01. The number of hydroxylamine groups is 1. The Hall–Kier alpha value is -1.86. The highest BCUT2D eigenvalue weighted by Gasteiger charge is 2.02. The van der Waals surface area contributed by atoms with E-state index in [-0.39, 0.29) is 12.3 Å². The van der Waals surface area contributed by atoms with E-state index in [0.29, 0.717) is 19.3 Å². The number of hydrogen-bond donors (Lipinski definition) is 4. The number of carbonyl (C=O) groups is 2. The molecule has 1 aromatic rings. The molecule has 0 bridgehead atoms. The number of nitrogens with one attached hydrogen (secondary N) is 3. The van der Waals surface area contributed by atoms with Crippen molar-refractivity contribution in [2.45, 2.75) is 25.7 Å². The van der Waals surface area contributed by atoms with Crippen LogP contribution in [0, 0.1) is 0 Å². The van der Waals surface area contributed by atoms with E-state index < -0.39 is 5.91 Å². The van der Waals surface area contributed by atoms with Gasteiger partial charge in [0.25, 0.3) is 0 Å². The Balaban J connectivity index is 2.13. The van der Waals surface area contributed by atoms with Crippen LogP contribution in [-0.4, -0.2) is 17.0 Å². The van der Waals surface area contributed by atoms with Gasteiger partial charge in [-0.25, -0.2) is 5.48 Å². The second-order valence-electron chi connectivity index (χ2n) is 4.32. The summed E-state index contributed by atoms with van der Waals surface area (Å²) in [6.45, 7) is 0. The van der Waals surface area contributed by atoms with Gasteiger partial charge in [-0.05, 0) is 36.6 Å². The van der Waals surface area contributed by atoms with E-state index in [1.165, 1.54) is 0 Å². The van der Waals surface area contributed by atoms with Crippen LogP contribution in [0.1, 0.15) is 31.2 Å². The molecule has 0 aliphatic heterocycles. The van der Waals surface area contributed by atoms with Crippen molar-refractivity contribution in [3.05, 3.63) is 40.5 Å². The van der Waals surface area contributed by atoms with Crippen molar-refractivity contribution in [3.8, 4) is 0 Å². The zero-order valence-corrected chi connectivity index (χ0v) is 13.0. The van der Waals surface area contributed by atoms with Gasteiger partial charge in [0.2, 0.25) is 11.8 Å². The third kappa shape index (κ3) is 8.11. The van der Waals surface area contributed by atoms with Crippen LogP contribution >= 0.6 is 15.9 Å². The zero-order chi connectivity index (χ0) is 15.5. The molecule has 0 heterocycles. The van der Waals surface area contributed by atoms with Crippen LogP contribution in [0.25, 0.3) is 6.08 Å². The summed E-state index contributed by atoms with van der Waals surface area (Å²) in [6.07, 6.45) is 5.13. The van der Waals surface area contributed by atoms with Crippen molar-refractivity contribution in [2.75, 3.05) is 0 Å². The van der Waals surface area contributed by atoms with Crippen LogP contribution in [0.5, 0.6) is 0 Å². The van der Waals surface area contributed by atoms with Crippen molar-refractivity contribution in [2.24, 2.45) is 0 Å². The molecule has 0 aliphatic carbocycles. The normalized spacial score (nSPS) is 10.4. The minimum Gasteiger partial charge on any atom is -0.306 e. The summed E-state index contributed by atoms with van der Waals surface area (Å²) >= 11 is 3.35. The van der Waals surface area contributed by atoms with Crippen LogP contribution in [-0.2, 0) is 9.59 Å². The lowest BCUT2D eigenvalue weighted by atomic mass is 10.2. The SMILES string of the molecule is O=C(CCCCC(=O)NN/C=C/c1ccc(Br)cc1)NO. The molecule has 0 radical (unpaired) electrons. The number of halogens is 1. The minimum atomic E-state index is -0.439. The minimum absolute atomic E-state index is 0.153. The first kappa shape index (κ1) is 17.2. The van der Waals surface area contributed by atoms with E-state index >= 15 is 0 Å². The Kier molecular flexibility index (Phi) is 8.15. The van der Waals surface area contributed by atoms with E-state index in [0.717, 1.165) is 10.0 Å². The van der Waals surface area contributed by atoms with Crippen molar-refractivity contribution in [3.63, 3.8) is 0 Å². The molecule has 0 saturated carbocycles. The molecule has 1 aromatic carbocycles. The lowest BCUT2D eigenvalue weighted by Crippen LogP contribution is -2.33. The van der Waals surface area contributed by atoms with E-state index in [2.05, 4.69) is 26.8 Å². The maximum atomic E-state index is 11.4. The summed E-state index contributed by atoms with van der Waals surface area (Å²) in [5.74, 6) is -0.592. The second kappa shape index (κ2) is 9.95. The van der Waals surface area contributed by atoms with Gasteiger partial charge >= 0.3 is 0 Å². The fourth-order valence-corrected chi connectivity index (χ4v) is 1.79. The molecule has 114 valence electrons. The predicted octanol–water partition coefficient (Wildman–Crippen LogP) is 2.11. The fourth-order valence-electron chi connectivity index (χ4n) is 1.52. The number of hydrazine groups is 1. The Morgan fingerprint density at radius 3 is 2.33 bits per heavy atom. The quantitative estimate of drug-likeness (QED) is 0.326. The Labute approximate surface area is 131 Å². The third-order valence-electron chi connectivity index (χ3n) is 2.62. The van der Waals surface area contributed by atoms with Crippen molar-refractivity contribution in [1.29, 1.82) is 0 Å². The van der Waals surface area contributed by atoms with Gasteiger partial charge < -0.3 is 5.43 Å². The largest absolute Gasteiger partial charge is 0.306 e. The van der Waals surface area contributed by atoms with Crippen LogP contribution in [0.4, 0.5) is 0 Å². The molecule has 0 fully saturated rings. The molecular weight excluding hydrogens is 338 g/mol. The number of amides is 2. The Bertz CT molecular complexity index is 489. The lowest BCUT2D eigenvalue weighted by Gasteiger charge is -2.04. The van der Waals surface area contributed by atoms with Crippen molar-refractivity contribution < 1.29 is 14.8 Å². The maximum Gasteiger partial charge on any atom is 0.243 e. The second-order valence-corrected chi connectivity index (χ2v) is 5.24. The summed E-state index contributed by atoms with van der Waals surface area (Å²) in [4.78, 5) is 22.2. The summed E-state index contributed by atoms with van der Waals surface area (Å²) in [5.41, 5.74) is 7.79. The topological polar surface area (TPSA) is 90.5 Å². The number of hydrogen-bond acceptors (Lipinski definition) is 4. The Morgan fingerprint density at radius 1 is 1.10 bits per heavy atom. The van der Waals surface area contributed by atoms with Crippen molar-refractivity contribution >= 4 is 33.8 Å².